The number of nitrogens with zero attached hydrogens (tertiary/aromatic N) is 4. The quantitative estimate of drug-likeness (QED) is 0.334. The Bertz CT molecular complexity index is 607. The summed E-state index contributed by atoms with van der Waals surface area (Å²) in [5.41, 5.74) is 1.48. The normalized spacial score (nSPS) is 20.6. The van der Waals surface area contributed by atoms with Crippen LogP contribution in [0, 0.1) is 5.92 Å². The second-order valence-electron chi connectivity index (χ2n) is 8.63. The molecule has 0 amide bonds. The van der Waals surface area contributed by atoms with E-state index in [2.05, 4.69) is 71.1 Å². The van der Waals surface area contributed by atoms with Gasteiger partial charge in [-0.25, -0.2) is 0 Å². The molecule has 30 heavy (non-hydrogen) atoms. The highest BCUT2D eigenvalue weighted by molar-refractivity contribution is 14.0. The number of rotatable bonds is 7. The lowest BCUT2D eigenvalue weighted by Gasteiger charge is -2.37. The van der Waals surface area contributed by atoms with E-state index in [9.17, 15) is 0 Å². The van der Waals surface area contributed by atoms with Gasteiger partial charge in [-0.3, -0.25) is 9.89 Å². The molecule has 1 aromatic rings. The molecule has 0 bridgehead atoms. The average molecular weight is 528 g/mol. The third-order valence-electron chi connectivity index (χ3n) is 6.60. The van der Waals surface area contributed by atoms with E-state index >= 15 is 0 Å². The molecular formula is C24H42IN5. The molecule has 0 radical (unpaired) electrons. The number of guanidine groups is 1. The number of hydrogen-bond donors (Lipinski definition) is 1. The summed E-state index contributed by atoms with van der Waals surface area (Å²) in [4.78, 5) is 12.7. The van der Waals surface area contributed by atoms with Crippen molar-refractivity contribution in [3.05, 3.63) is 35.9 Å². The summed E-state index contributed by atoms with van der Waals surface area (Å²) in [6.45, 7) is 16.7. The van der Waals surface area contributed by atoms with Crippen molar-refractivity contribution < 1.29 is 0 Å². The van der Waals surface area contributed by atoms with Crippen LogP contribution in [0.4, 0.5) is 0 Å². The van der Waals surface area contributed by atoms with Gasteiger partial charge < -0.3 is 15.1 Å². The van der Waals surface area contributed by atoms with E-state index in [1.165, 1.54) is 57.5 Å². The molecule has 2 heterocycles. The summed E-state index contributed by atoms with van der Waals surface area (Å²) in [5.74, 6) is 1.91. The van der Waals surface area contributed by atoms with Crippen molar-refractivity contribution in [1.29, 1.82) is 0 Å². The van der Waals surface area contributed by atoms with Crippen molar-refractivity contribution in [2.24, 2.45) is 10.9 Å². The van der Waals surface area contributed by atoms with Crippen LogP contribution in [0.3, 0.4) is 0 Å². The largest absolute Gasteiger partial charge is 0.357 e. The maximum atomic E-state index is 5.04. The molecule has 6 heteroatoms. The van der Waals surface area contributed by atoms with Crippen molar-refractivity contribution in [2.45, 2.75) is 46.1 Å². The minimum absolute atomic E-state index is 0. The number of halogens is 1. The van der Waals surface area contributed by atoms with Crippen LogP contribution < -0.4 is 5.32 Å². The zero-order valence-corrected chi connectivity index (χ0v) is 21.6. The number of benzene rings is 1. The number of piperazine rings is 1. The summed E-state index contributed by atoms with van der Waals surface area (Å²) in [5, 5.41) is 3.54. The smallest absolute Gasteiger partial charge is 0.193 e. The molecule has 2 aliphatic rings. The van der Waals surface area contributed by atoms with Crippen LogP contribution in [-0.2, 0) is 6.42 Å². The Hall–Kier alpha value is -0.860. The van der Waals surface area contributed by atoms with E-state index in [4.69, 9.17) is 4.99 Å². The molecule has 170 valence electrons. The Labute approximate surface area is 201 Å². The third kappa shape index (κ3) is 7.68. The topological polar surface area (TPSA) is 34.1 Å². The van der Waals surface area contributed by atoms with Gasteiger partial charge in [-0.15, -0.1) is 24.0 Å². The van der Waals surface area contributed by atoms with Gasteiger partial charge in [-0.1, -0.05) is 37.3 Å². The first kappa shape index (κ1) is 25.4. The fourth-order valence-corrected chi connectivity index (χ4v) is 4.58. The lowest BCUT2D eigenvalue weighted by Crippen LogP contribution is -2.50. The Morgan fingerprint density at radius 3 is 2.30 bits per heavy atom. The zero-order chi connectivity index (χ0) is 20.5. The number of nitrogens with one attached hydrogen (secondary N) is 1. The molecule has 1 N–H and O–H groups in total. The number of likely N-dealkylation sites (tertiary alicyclic amines) is 1. The molecule has 1 aromatic carbocycles. The van der Waals surface area contributed by atoms with Crippen molar-refractivity contribution in [3.63, 3.8) is 0 Å². The van der Waals surface area contributed by atoms with Gasteiger partial charge in [-0.05, 0) is 51.1 Å². The van der Waals surface area contributed by atoms with E-state index < -0.39 is 0 Å². The van der Waals surface area contributed by atoms with Crippen molar-refractivity contribution in [3.8, 4) is 0 Å². The summed E-state index contributed by atoms with van der Waals surface area (Å²) in [7, 11) is 0. The van der Waals surface area contributed by atoms with E-state index in [-0.39, 0.29) is 24.0 Å². The molecular weight excluding hydrogens is 485 g/mol. The first-order valence-electron chi connectivity index (χ1n) is 11.7. The van der Waals surface area contributed by atoms with Crippen molar-refractivity contribution in [1.82, 2.24) is 20.0 Å². The van der Waals surface area contributed by atoms with E-state index in [1.54, 1.807) is 0 Å². The van der Waals surface area contributed by atoms with Crippen molar-refractivity contribution in [2.75, 3.05) is 58.9 Å². The number of piperidine rings is 1. The van der Waals surface area contributed by atoms with Gasteiger partial charge in [0.25, 0.3) is 0 Å². The number of aliphatic imine (C=N–C) groups is 1. The van der Waals surface area contributed by atoms with Crippen molar-refractivity contribution >= 4 is 29.9 Å². The van der Waals surface area contributed by atoms with Gasteiger partial charge >= 0.3 is 0 Å². The van der Waals surface area contributed by atoms with Gasteiger partial charge in [0.15, 0.2) is 5.96 Å². The molecule has 3 rings (SSSR count). The minimum Gasteiger partial charge on any atom is -0.357 e. The van der Waals surface area contributed by atoms with E-state index in [0.717, 1.165) is 38.1 Å². The van der Waals surface area contributed by atoms with Gasteiger partial charge in [0.1, 0.15) is 0 Å². The maximum absolute atomic E-state index is 5.04. The molecule has 2 aliphatic heterocycles. The molecule has 2 fully saturated rings. The first-order valence-corrected chi connectivity index (χ1v) is 11.7. The summed E-state index contributed by atoms with van der Waals surface area (Å²) < 4.78 is 0. The molecule has 0 saturated carbocycles. The van der Waals surface area contributed by atoms with Crippen LogP contribution in [0.15, 0.2) is 35.3 Å². The Balaban J connectivity index is 0.00000320. The van der Waals surface area contributed by atoms with Crippen LogP contribution in [0.5, 0.6) is 0 Å². The second-order valence-corrected chi connectivity index (χ2v) is 8.63. The fraction of sp³-hybridized carbons (Fsp3) is 0.708. The molecule has 1 atom stereocenters. The van der Waals surface area contributed by atoms with Gasteiger partial charge in [-0.2, -0.15) is 0 Å². The van der Waals surface area contributed by atoms with Crippen LogP contribution >= 0.6 is 24.0 Å². The summed E-state index contributed by atoms with van der Waals surface area (Å²) >= 11 is 0. The van der Waals surface area contributed by atoms with Crippen LogP contribution in [0.25, 0.3) is 0 Å². The van der Waals surface area contributed by atoms with Crippen LogP contribution in [0.2, 0.25) is 0 Å². The highest BCUT2D eigenvalue weighted by Gasteiger charge is 2.23. The highest BCUT2D eigenvalue weighted by atomic mass is 127. The SMILES string of the molecule is CCNC(=NCC(C)N1CCN(CC)CC1)N1CCC(Cc2ccccc2)CC1.I. The number of hydrogen-bond acceptors (Lipinski definition) is 3. The van der Waals surface area contributed by atoms with Gasteiger partial charge in [0, 0.05) is 51.9 Å². The fourth-order valence-electron chi connectivity index (χ4n) is 4.58. The lowest BCUT2D eigenvalue weighted by atomic mass is 9.90. The molecule has 1 unspecified atom stereocenters. The second kappa shape index (κ2) is 13.5. The monoisotopic (exact) mass is 527 g/mol. The summed E-state index contributed by atoms with van der Waals surface area (Å²) in [6.07, 6.45) is 3.73. The lowest BCUT2D eigenvalue weighted by molar-refractivity contribution is 0.109. The molecule has 0 aliphatic carbocycles. The van der Waals surface area contributed by atoms with Gasteiger partial charge in [0.2, 0.25) is 0 Å². The molecule has 0 spiro atoms. The minimum atomic E-state index is 0. The third-order valence-corrected chi connectivity index (χ3v) is 6.60. The Morgan fingerprint density at radius 1 is 1.03 bits per heavy atom. The van der Waals surface area contributed by atoms with E-state index in [0.29, 0.717) is 6.04 Å². The van der Waals surface area contributed by atoms with Gasteiger partial charge in [0.05, 0.1) is 6.54 Å². The molecule has 2 saturated heterocycles. The standard InChI is InChI=1S/C24H41N5.HI/c1-4-25-24(26-20-21(3)28-17-15-27(5-2)16-18-28)29-13-11-23(12-14-29)19-22-9-7-6-8-10-22;/h6-10,21,23H,4-5,11-20H2,1-3H3,(H,25,26);1H. The summed E-state index contributed by atoms with van der Waals surface area (Å²) in [6, 6.07) is 11.5. The maximum Gasteiger partial charge on any atom is 0.193 e. The Morgan fingerprint density at radius 2 is 1.70 bits per heavy atom. The molecule has 0 aromatic heterocycles. The highest BCUT2D eigenvalue weighted by Crippen LogP contribution is 2.21. The predicted octanol–water partition coefficient (Wildman–Crippen LogP) is 3.55. The van der Waals surface area contributed by atoms with E-state index in [1.807, 2.05) is 0 Å². The van der Waals surface area contributed by atoms with Crippen LogP contribution in [0.1, 0.15) is 39.2 Å². The Kier molecular flexibility index (Phi) is 11.5. The zero-order valence-electron chi connectivity index (χ0n) is 19.2. The predicted molar refractivity (Wildman–Crippen MR) is 139 cm³/mol. The first-order chi connectivity index (χ1) is 14.2. The molecule has 5 nitrogen and oxygen atoms in total. The van der Waals surface area contributed by atoms with Crippen LogP contribution in [-0.4, -0.2) is 85.6 Å². The average Bonchev–Trinajstić information content (AvgIpc) is 2.78. The number of likely N-dealkylation sites (N-methyl/N-ethyl adjacent to an activating group) is 1.